The number of ether oxygens (including phenoxy) is 1. The first-order valence-corrected chi connectivity index (χ1v) is 6.56. The number of hydrogen-bond acceptors (Lipinski definition) is 4. The van der Waals surface area contributed by atoms with E-state index in [0.717, 1.165) is 0 Å². The summed E-state index contributed by atoms with van der Waals surface area (Å²) in [6.07, 6.45) is 0.314. The number of carboxylic acids is 1. The highest BCUT2D eigenvalue weighted by atomic mass is 16.6. The number of carbonyl (C=O) groups excluding carboxylic acids is 1. The molecule has 3 N–H and O–H groups in total. The SMILES string of the molecule is CC1CC(C(N)C(=O)O)CN(C(=O)OC(C)(C)C)C1. The fourth-order valence-corrected chi connectivity index (χ4v) is 2.34. The molecule has 1 rings (SSSR count). The number of rotatable bonds is 2. The highest BCUT2D eigenvalue weighted by molar-refractivity contribution is 5.74. The third-order valence-corrected chi connectivity index (χ3v) is 3.14. The standard InChI is InChI=1S/C13H24N2O4/c1-8-5-9(10(14)11(16)17)7-15(6-8)12(18)19-13(2,3)4/h8-10H,5-7,14H2,1-4H3,(H,16,17). The van der Waals surface area contributed by atoms with Crippen molar-refractivity contribution >= 4 is 12.1 Å². The maximum Gasteiger partial charge on any atom is 0.410 e. The van der Waals surface area contributed by atoms with E-state index in [2.05, 4.69) is 0 Å². The molecule has 0 aromatic heterocycles. The summed E-state index contributed by atoms with van der Waals surface area (Å²) in [7, 11) is 0. The van der Waals surface area contributed by atoms with Gasteiger partial charge in [-0.25, -0.2) is 4.79 Å². The van der Waals surface area contributed by atoms with Gasteiger partial charge in [0.1, 0.15) is 11.6 Å². The van der Waals surface area contributed by atoms with Crippen LogP contribution in [0.25, 0.3) is 0 Å². The quantitative estimate of drug-likeness (QED) is 0.790. The maximum absolute atomic E-state index is 12.0. The minimum atomic E-state index is -1.02. The third-order valence-electron chi connectivity index (χ3n) is 3.14. The zero-order valence-electron chi connectivity index (χ0n) is 12.0. The van der Waals surface area contributed by atoms with Crippen molar-refractivity contribution in [2.75, 3.05) is 13.1 Å². The predicted octanol–water partition coefficient (Wildman–Crippen LogP) is 1.29. The molecule has 3 unspecified atom stereocenters. The molecule has 0 spiro atoms. The molecule has 1 saturated heterocycles. The van der Waals surface area contributed by atoms with Gasteiger partial charge >= 0.3 is 12.1 Å². The monoisotopic (exact) mass is 272 g/mol. The van der Waals surface area contributed by atoms with Crippen molar-refractivity contribution in [3.05, 3.63) is 0 Å². The fourth-order valence-electron chi connectivity index (χ4n) is 2.34. The van der Waals surface area contributed by atoms with Crippen LogP contribution in [0.4, 0.5) is 4.79 Å². The fraction of sp³-hybridized carbons (Fsp3) is 0.846. The van der Waals surface area contributed by atoms with Gasteiger partial charge < -0.3 is 20.5 Å². The average molecular weight is 272 g/mol. The van der Waals surface area contributed by atoms with Gasteiger partial charge in [-0.05, 0) is 33.1 Å². The second kappa shape index (κ2) is 5.77. The Bertz CT molecular complexity index is 351. The summed E-state index contributed by atoms with van der Waals surface area (Å²) < 4.78 is 5.31. The maximum atomic E-state index is 12.0. The molecule has 1 aliphatic heterocycles. The molecule has 0 aromatic rings. The first kappa shape index (κ1) is 15.8. The lowest BCUT2D eigenvalue weighted by molar-refractivity contribution is -0.140. The summed E-state index contributed by atoms with van der Waals surface area (Å²) in [5.41, 5.74) is 5.11. The normalized spacial score (nSPS) is 25.8. The summed E-state index contributed by atoms with van der Waals surface area (Å²) in [6, 6.07) is -0.937. The van der Waals surface area contributed by atoms with E-state index in [4.69, 9.17) is 15.6 Å². The van der Waals surface area contributed by atoms with Crippen LogP contribution in [0.2, 0.25) is 0 Å². The van der Waals surface area contributed by atoms with Gasteiger partial charge in [0.25, 0.3) is 0 Å². The third kappa shape index (κ3) is 4.70. The Hall–Kier alpha value is -1.30. The molecule has 19 heavy (non-hydrogen) atoms. The Balaban J connectivity index is 2.70. The second-order valence-electron chi connectivity index (χ2n) is 6.35. The molecule has 0 radical (unpaired) electrons. The molecule has 0 aliphatic carbocycles. The molecule has 1 fully saturated rings. The Labute approximate surface area is 113 Å². The lowest BCUT2D eigenvalue weighted by atomic mass is 9.86. The van der Waals surface area contributed by atoms with E-state index in [9.17, 15) is 9.59 Å². The van der Waals surface area contributed by atoms with Crippen LogP contribution in [-0.4, -0.2) is 46.8 Å². The van der Waals surface area contributed by atoms with E-state index < -0.39 is 23.7 Å². The average Bonchev–Trinajstić information content (AvgIpc) is 2.24. The summed E-state index contributed by atoms with van der Waals surface area (Å²) in [5.74, 6) is -1.03. The molecular weight excluding hydrogens is 248 g/mol. The summed E-state index contributed by atoms with van der Waals surface area (Å²) in [4.78, 5) is 24.5. The minimum Gasteiger partial charge on any atom is -0.480 e. The lowest BCUT2D eigenvalue weighted by Crippen LogP contribution is -2.52. The molecule has 3 atom stereocenters. The number of hydrogen-bond donors (Lipinski definition) is 2. The number of piperidine rings is 1. The molecule has 0 saturated carbocycles. The smallest absolute Gasteiger partial charge is 0.410 e. The number of aliphatic carboxylic acids is 1. The van der Waals surface area contributed by atoms with Crippen molar-refractivity contribution in [2.45, 2.75) is 45.8 Å². The van der Waals surface area contributed by atoms with Crippen LogP contribution >= 0.6 is 0 Å². The molecule has 0 aromatic carbocycles. The number of nitrogens with zero attached hydrogens (tertiary/aromatic N) is 1. The lowest BCUT2D eigenvalue weighted by Gasteiger charge is -2.38. The van der Waals surface area contributed by atoms with E-state index in [1.807, 2.05) is 6.92 Å². The largest absolute Gasteiger partial charge is 0.480 e. The van der Waals surface area contributed by atoms with Crippen molar-refractivity contribution in [2.24, 2.45) is 17.6 Å². The van der Waals surface area contributed by atoms with Gasteiger partial charge in [0, 0.05) is 19.0 Å². The van der Waals surface area contributed by atoms with Gasteiger partial charge in [0.05, 0.1) is 0 Å². The van der Waals surface area contributed by atoms with Gasteiger partial charge in [-0.2, -0.15) is 0 Å². The van der Waals surface area contributed by atoms with Crippen molar-refractivity contribution in [1.29, 1.82) is 0 Å². The van der Waals surface area contributed by atoms with E-state index in [0.29, 0.717) is 19.5 Å². The molecule has 6 heteroatoms. The number of carbonyl (C=O) groups is 2. The Morgan fingerprint density at radius 3 is 2.42 bits per heavy atom. The molecule has 0 bridgehead atoms. The van der Waals surface area contributed by atoms with Crippen molar-refractivity contribution < 1.29 is 19.4 Å². The molecule has 1 heterocycles. The van der Waals surface area contributed by atoms with Gasteiger partial charge in [-0.15, -0.1) is 0 Å². The molecule has 1 aliphatic rings. The summed E-state index contributed by atoms with van der Waals surface area (Å²) in [6.45, 7) is 8.32. The van der Waals surface area contributed by atoms with E-state index in [-0.39, 0.29) is 11.8 Å². The topological polar surface area (TPSA) is 92.9 Å². The number of nitrogens with two attached hydrogens (primary N) is 1. The number of carboxylic acid groups (broad SMARTS) is 1. The van der Waals surface area contributed by atoms with Crippen LogP contribution in [-0.2, 0) is 9.53 Å². The molecule has 6 nitrogen and oxygen atoms in total. The second-order valence-corrected chi connectivity index (χ2v) is 6.35. The first-order chi connectivity index (χ1) is 8.60. The zero-order chi connectivity index (χ0) is 14.8. The van der Waals surface area contributed by atoms with Gasteiger partial charge in [0.15, 0.2) is 0 Å². The number of likely N-dealkylation sites (tertiary alicyclic amines) is 1. The Morgan fingerprint density at radius 2 is 1.95 bits per heavy atom. The molecule has 110 valence electrons. The van der Waals surface area contributed by atoms with Crippen LogP contribution < -0.4 is 5.73 Å². The van der Waals surface area contributed by atoms with E-state index in [1.165, 1.54) is 0 Å². The zero-order valence-corrected chi connectivity index (χ0v) is 12.0. The minimum absolute atomic E-state index is 0.219. The highest BCUT2D eigenvalue weighted by Crippen LogP contribution is 2.25. The van der Waals surface area contributed by atoms with Gasteiger partial charge in [0.2, 0.25) is 0 Å². The molecule has 1 amide bonds. The van der Waals surface area contributed by atoms with Crippen LogP contribution in [0.1, 0.15) is 34.1 Å². The first-order valence-electron chi connectivity index (χ1n) is 6.56. The van der Waals surface area contributed by atoms with Crippen LogP contribution in [0.3, 0.4) is 0 Å². The van der Waals surface area contributed by atoms with Crippen molar-refractivity contribution in [3.63, 3.8) is 0 Å². The van der Waals surface area contributed by atoms with Gasteiger partial charge in [-0.3, -0.25) is 4.79 Å². The van der Waals surface area contributed by atoms with E-state index in [1.54, 1.807) is 25.7 Å². The summed E-state index contributed by atoms with van der Waals surface area (Å²) >= 11 is 0. The van der Waals surface area contributed by atoms with Gasteiger partial charge in [-0.1, -0.05) is 6.92 Å². The van der Waals surface area contributed by atoms with Crippen LogP contribution in [0.5, 0.6) is 0 Å². The van der Waals surface area contributed by atoms with Crippen molar-refractivity contribution in [1.82, 2.24) is 4.90 Å². The summed E-state index contributed by atoms with van der Waals surface area (Å²) in [5, 5.41) is 8.97. The van der Waals surface area contributed by atoms with E-state index >= 15 is 0 Å². The molecular formula is C13H24N2O4. The van der Waals surface area contributed by atoms with Crippen LogP contribution in [0, 0.1) is 11.8 Å². The van der Waals surface area contributed by atoms with Crippen molar-refractivity contribution in [3.8, 4) is 0 Å². The highest BCUT2D eigenvalue weighted by Gasteiger charge is 2.35. The van der Waals surface area contributed by atoms with Crippen LogP contribution in [0.15, 0.2) is 0 Å². The Kier molecular flexibility index (Phi) is 4.79. The number of amides is 1. The Morgan fingerprint density at radius 1 is 1.37 bits per heavy atom. The predicted molar refractivity (Wildman–Crippen MR) is 70.7 cm³/mol.